The van der Waals surface area contributed by atoms with Crippen molar-refractivity contribution in [3.05, 3.63) is 58.7 Å². The Kier molecular flexibility index (Phi) is 8.39. The molecule has 0 aromatic rings. The highest BCUT2D eigenvalue weighted by Gasteiger charge is 2.14. The van der Waals surface area contributed by atoms with E-state index in [9.17, 15) is 4.79 Å². The molecule has 0 N–H and O–H groups in total. The van der Waals surface area contributed by atoms with E-state index >= 15 is 0 Å². The first kappa shape index (κ1) is 19.2. The van der Waals surface area contributed by atoms with Gasteiger partial charge in [0.15, 0.2) is 0 Å². The molecule has 0 aromatic carbocycles. The van der Waals surface area contributed by atoms with Crippen LogP contribution in [-0.2, 0) is 9.53 Å². The van der Waals surface area contributed by atoms with Crippen LogP contribution in [0.5, 0.6) is 0 Å². The summed E-state index contributed by atoms with van der Waals surface area (Å²) >= 11 is 0. The summed E-state index contributed by atoms with van der Waals surface area (Å²) < 4.78 is 4.88. The Hall–Kier alpha value is -1.83. The lowest BCUT2D eigenvalue weighted by Crippen LogP contribution is -2.06. The number of hydrogen-bond donors (Lipinski definition) is 0. The molecule has 2 nitrogen and oxygen atoms in total. The van der Waals surface area contributed by atoms with Crippen molar-refractivity contribution in [2.75, 3.05) is 6.61 Å². The molecule has 0 saturated heterocycles. The molecule has 0 aliphatic heterocycles. The minimum Gasteiger partial charge on any atom is -0.463 e. The third-order valence-corrected chi connectivity index (χ3v) is 4.09. The summed E-state index contributed by atoms with van der Waals surface area (Å²) in [6, 6.07) is 0. The van der Waals surface area contributed by atoms with E-state index < -0.39 is 0 Å². The van der Waals surface area contributed by atoms with Gasteiger partial charge in [-0.1, -0.05) is 48.5 Å². The second kappa shape index (κ2) is 10.0. The number of hydrogen-bond acceptors (Lipinski definition) is 2. The third-order valence-electron chi connectivity index (χ3n) is 4.09. The van der Waals surface area contributed by atoms with Crippen molar-refractivity contribution >= 4 is 5.97 Å². The fourth-order valence-electron chi connectivity index (χ4n) is 2.75. The first-order valence-electron chi connectivity index (χ1n) is 8.51. The minimum absolute atomic E-state index is 0.288. The van der Waals surface area contributed by atoms with Crippen molar-refractivity contribution in [3.63, 3.8) is 0 Å². The maximum atomic E-state index is 11.3. The molecule has 1 aliphatic rings. The molecule has 2 heteroatoms. The van der Waals surface area contributed by atoms with E-state index in [1.807, 2.05) is 19.1 Å². The molecule has 1 unspecified atom stereocenters. The van der Waals surface area contributed by atoms with Gasteiger partial charge in [0.05, 0.1) is 6.61 Å². The average Bonchev–Trinajstić information content (AvgIpc) is 2.46. The first-order valence-corrected chi connectivity index (χ1v) is 8.51. The van der Waals surface area contributed by atoms with E-state index in [2.05, 4.69) is 39.0 Å². The van der Waals surface area contributed by atoms with Crippen LogP contribution >= 0.6 is 0 Å². The Labute approximate surface area is 141 Å². The van der Waals surface area contributed by atoms with Crippen molar-refractivity contribution in [2.24, 2.45) is 5.92 Å². The van der Waals surface area contributed by atoms with Gasteiger partial charge in [0.1, 0.15) is 0 Å². The highest BCUT2D eigenvalue weighted by molar-refractivity contribution is 5.83. The Bertz CT molecular complexity index is 556. The van der Waals surface area contributed by atoms with Gasteiger partial charge in [-0.25, -0.2) is 4.79 Å². The van der Waals surface area contributed by atoms with Crippen LogP contribution in [0.15, 0.2) is 58.7 Å². The van der Waals surface area contributed by atoms with Crippen LogP contribution in [0, 0.1) is 5.92 Å². The van der Waals surface area contributed by atoms with Crippen LogP contribution in [0.2, 0.25) is 0 Å². The van der Waals surface area contributed by atoms with Gasteiger partial charge in [-0.15, -0.1) is 0 Å². The Balaban J connectivity index is 2.65. The fourth-order valence-corrected chi connectivity index (χ4v) is 2.75. The Morgan fingerprint density at radius 2 is 2.00 bits per heavy atom. The first-order chi connectivity index (χ1) is 10.9. The molecule has 0 radical (unpaired) electrons. The molecule has 1 aliphatic carbocycles. The van der Waals surface area contributed by atoms with Crippen LogP contribution in [0.1, 0.15) is 53.9 Å². The van der Waals surface area contributed by atoms with Crippen LogP contribution < -0.4 is 0 Å². The van der Waals surface area contributed by atoms with Gasteiger partial charge in [-0.2, -0.15) is 0 Å². The SMILES string of the molecule is CCOC(=O)/C=C(C)/C=C/C=C(C)\C=C\C1=C(C)CCCC1C. The summed E-state index contributed by atoms with van der Waals surface area (Å²) in [6.45, 7) is 10.8. The van der Waals surface area contributed by atoms with Gasteiger partial charge in [0, 0.05) is 6.08 Å². The van der Waals surface area contributed by atoms with Crippen LogP contribution in [0.4, 0.5) is 0 Å². The maximum Gasteiger partial charge on any atom is 0.330 e. The van der Waals surface area contributed by atoms with Crippen LogP contribution in [-0.4, -0.2) is 12.6 Å². The Morgan fingerprint density at radius 1 is 1.26 bits per heavy atom. The van der Waals surface area contributed by atoms with Gasteiger partial charge >= 0.3 is 5.97 Å². The third kappa shape index (κ3) is 7.32. The molecular weight excluding hydrogens is 284 g/mol. The topological polar surface area (TPSA) is 26.3 Å². The smallest absolute Gasteiger partial charge is 0.330 e. The van der Waals surface area contributed by atoms with Gasteiger partial charge < -0.3 is 4.74 Å². The van der Waals surface area contributed by atoms with Crippen molar-refractivity contribution in [1.82, 2.24) is 0 Å². The molecule has 23 heavy (non-hydrogen) atoms. The second-order valence-electron chi connectivity index (χ2n) is 6.27. The zero-order valence-corrected chi connectivity index (χ0v) is 15.2. The summed E-state index contributed by atoms with van der Waals surface area (Å²) in [4.78, 5) is 11.3. The molecule has 0 heterocycles. The quantitative estimate of drug-likeness (QED) is 0.357. The number of carbonyl (C=O) groups excluding carboxylic acids is 1. The predicted molar refractivity (Wildman–Crippen MR) is 98.1 cm³/mol. The lowest BCUT2D eigenvalue weighted by Gasteiger charge is -2.22. The molecule has 0 amide bonds. The van der Waals surface area contributed by atoms with E-state index in [1.54, 1.807) is 6.92 Å². The minimum atomic E-state index is -0.288. The summed E-state index contributed by atoms with van der Waals surface area (Å²) in [5.74, 6) is 0.377. The summed E-state index contributed by atoms with van der Waals surface area (Å²) in [5.41, 5.74) is 5.10. The van der Waals surface area contributed by atoms with E-state index in [4.69, 9.17) is 4.74 Å². The van der Waals surface area contributed by atoms with E-state index in [0.717, 1.165) is 5.57 Å². The van der Waals surface area contributed by atoms with Crippen molar-refractivity contribution in [2.45, 2.75) is 53.9 Å². The predicted octanol–water partition coefficient (Wildman–Crippen LogP) is 5.69. The number of carbonyl (C=O) groups is 1. The molecule has 0 spiro atoms. The monoisotopic (exact) mass is 314 g/mol. The number of esters is 1. The zero-order valence-electron chi connectivity index (χ0n) is 15.2. The normalized spacial score (nSPS) is 20.7. The molecule has 126 valence electrons. The number of ether oxygens (including phenoxy) is 1. The molecule has 0 bridgehead atoms. The van der Waals surface area contributed by atoms with Gasteiger partial charge in [-0.05, 0) is 64.0 Å². The van der Waals surface area contributed by atoms with Gasteiger partial charge in [-0.3, -0.25) is 0 Å². The number of rotatable bonds is 6. The summed E-state index contributed by atoms with van der Waals surface area (Å²) in [5, 5.41) is 0. The molecule has 0 saturated carbocycles. The zero-order chi connectivity index (χ0) is 17.2. The van der Waals surface area contributed by atoms with E-state index in [1.165, 1.54) is 42.1 Å². The highest BCUT2D eigenvalue weighted by Crippen LogP contribution is 2.30. The molecule has 1 atom stereocenters. The molecular formula is C21H30O2. The van der Waals surface area contributed by atoms with E-state index in [-0.39, 0.29) is 5.97 Å². The van der Waals surface area contributed by atoms with Crippen LogP contribution in [0.25, 0.3) is 0 Å². The molecule has 1 rings (SSSR count). The number of allylic oxidation sites excluding steroid dienone is 9. The van der Waals surface area contributed by atoms with Crippen molar-refractivity contribution < 1.29 is 9.53 Å². The van der Waals surface area contributed by atoms with Gasteiger partial charge in [0.25, 0.3) is 0 Å². The summed E-state index contributed by atoms with van der Waals surface area (Å²) in [6.07, 6.45) is 15.7. The molecule has 0 aromatic heterocycles. The lowest BCUT2D eigenvalue weighted by atomic mass is 9.84. The van der Waals surface area contributed by atoms with Crippen molar-refractivity contribution in [3.8, 4) is 0 Å². The molecule has 0 fully saturated rings. The largest absolute Gasteiger partial charge is 0.463 e. The highest BCUT2D eigenvalue weighted by atomic mass is 16.5. The van der Waals surface area contributed by atoms with Crippen LogP contribution in [0.3, 0.4) is 0 Å². The van der Waals surface area contributed by atoms with Gasteiger partial charge in [0.2, 0.25) is 0 Å². The average molecular weight is 314 g/mol. The lowest BCUT2D eigenvalue weighted by molar-refractivity contribution is -0.137. The fraction of sp³-hybridized carbons (Fsp3) is 0.476. The summed E-state index contributed by atoms with van der Waals surface area (Å²) in [7, 11) is 0. The van der Waals surface area contributed by atoms with E-state index in [0.29, 0.717) is 12.5 Å². The standard InChI is InChI=1S/C21H30O2/c1-6-23-21(22)15-17(3)10-7-9-16(2)13-14-20-18(4)11-8-12-19(20)5/h7,9-10,13-15,18H,6,8,11-12H2,1-5H3/b10-7+,14-13+,16-9-,17-15+. The Morgan fingerprint density at radius 3 is 2.65 bits per heavy atom. The maximum absolute atomic E-state index is 11.3. The second-order valence-corrected chi connectivity index (χ2v) is 6.27. The van der Waals surface area contributed by atoms with Crippen molar-refractivity contribution in [1.29, 1.82) is 0 Å².